The van der Waals surface area contributed by atoms with Gasteiger partial charge in [-0.15, -0.1) is 0 Å². The first-order valence-electron chi connectivity index (χ1n) is 2.25. The molecule has 0 amide bonds. The van der Waals surface area contributed by atoms with E-state index >= 15 is 0 Å². The van der Waals surface area contributed by atoms with Crippen molar-refractivity contribution in [1.29, 1.82) is 0 Å². The van der Waals surface area contributed by atoms with Crippen LogP contribution < -0.4 is 5.32 Å². The summed E-state index contributed by atoms with van der Waals surface area (Å²) < 4.78 is 0. The molecule has 1 aliphatic rings. The van der Waals surface area contributed by atoms with Crippen molar-refractivity contribution in [3.63, 3.8) is 0 Å². The topological polar surface area (TPSA) is 41.8 Å². The normalized spacial score (nSPS) is 30.5. The van der Waals surface area contributed by atoms with Crippen LogP contribution in [-0.2, 0) is 5.11 Å². The number of hydrogen-bond acceptors (Lipinski definition) is 1. The van der Waals surface area contributed by atoms with Crippen LogP contribution in [0.3, 0.4) is 0 Å². The quantitative estimate of drug-likeness (QED) is 0.464. The molecule has 1 fully saturated rings. The van der Waals surface area contributed by atoms with Gasteiger partial charge in [0.1, 0.15) is 0 Å². The standard InChI is InChI=1S/C4H8NO/c6-2-1-4-3-5-4/h4-5H,1-3H2. The van der Waals surface area contributed by atoms with E-state index in [2.05, 4.69) is 5.32 Å². The average Bonchev–Trinajstić information content (AvgIpc) is 2.21. The lowest BCUT2D eigenvalue weighted by Crippen LogP contribution is -1.91. The summed E-state index contributed by atoms with van der Waals surface area (Å²) in [6.07, 6.45) is 0.819. The summed E-state index contributed by atoms with van der Waals surface area (Å²) in [6, 6.07) is 0.586. The minimum Gasteiger partial charge on any atom is -0.311 e. The van der Waals surface area contributed by atoms with Gasteiger partial charge in [0.25, 0.3) is 0 Å². The lowest BCUT2D eigenvalue weighted by Gasteiger charge is -1.79. The van der Waals surface area contributed by atoms with Gasteiger partial charge in [-0.3, -0.25) is 0 Å². The molecule has 0 aromatic heterocycles. The van der Waals surface area contributed by atoms with Crippen molar-refractivity contribution in [3.8, 4) is 0 Å². The van der Waals surface area contributed by atoms with Gasteiger partial charge in [-0.05, 0) is 6.42 Å². The average molecular weight is 86.1 g/mol. The summed E-state index contributed by atoms with van der Waals surface area (Å²) in [5.74, 6) is 0. The van der Waals surface area contributed by atoms with Crippen LogP contribution >= 0.6 is 0 Å². The van der Waals surface area contributed by atoms with E-state index in [1.165, 1.54) is 0 Å². The summed E-state index contributed by atoms with van der Waals surface area (Å²) >= 11 is 0. The van der Waals surface area contributed by atoms with Gasteiger partial charge in [-0.2, -0.15) is 0 Å². The maximum absolute atomic E-state index is 9.74. The van der Waals surface area contributed by atoms with E-state index in [4.69, 9.17) is 0 Å². The number of nitrogens with one attached hydrogen (secondary N) is 1. The molecule has 0 bridgehead atoms. The molecule has 1 saturated heterocycles. The van der Waals surface area contributed by atoms with Crippen LogP contribution in [-0.4, -0.2) is 19.2 Å². The monoisotopic (exact) mass is 86.1 g/mol. The zero-order valence-corrected chi connectivity index (χ0v) is 3.61. The minimum atomic E-state index is 0.0810. The first-order chi connectivity index (χ1) is 2.93. The van der Waals surface area contributed by atoms with E-state index in [-0.39, 0.29) is 6.61 Å². The number of hydrogen-bond donors (Lipinski definition) is 1. The second kappa shape index (κ2) is 1.58. The highest BCUT2D eigenvalue weighted by Crippen LogP contribution is 1.99. The van der Waals surface area contributed by atoms with E-state index in [0.29, 0.717) is 6.04 Å². The molecule has 0 aliphatic carbocycles. The summed E-state index contributed by atoms with van der Waals surface area (Å²) in [6.45, 7) is 1.15. The van der Waals surface area contributed by atoms with Crippen LogP contribution in [0.5, 0.6) is 0 Å². The molecule has 1 N–H and O–H groups in total. The predicted octanol–water partition coefficient (Wildman–Crippen LogP) is -0.221. The van der Waals surface area contributed by atoms with E-state index in [1.807, 2.05) is 0 Å². The molecular formula is C4H8NO. The van der Waals surface area contributed by atoms with Crippen molar-refractivity contribution >= 4 is 0 Å². The van der Waals surface area contributed by atoms with Gasteiger partial charge in [0.2, 0.25) is 0 Å². The zero-order chi connectivity index (χ0) is 4.41. The smallest absolute Gasteiger partial charge is 0.0837 e. The molecule has 0 aromatic carbocycles. The van der Waals surface area contributed by atoms with E-state index in [0.717, 1.165) is 13.0 Å². The summed E-state index contributed by atoms with van der Waals surface area (Å²) in [5.41, 5.74) is 0. The Morgan fingerprint density at radius 2 is 2.50 bits per heavy atom. The molecule has 1 aliphatic heterocycles. The molecule has 1 rings (SSSR count). The summed E-state index contributed by atoms with van der Waals surface area (Å²) in [5, 5.41) is 12.8. The second-order valence-corrected chi connectivity index (χ2v) is 1.60. The maximum Gasteiger partial charge on any atom is 0.0837 e. The van der Waals surface area contributed by atoms with Gasteiger partial charge in [0, 0.05) is 12.6 Å². The van der Waals surface area contributed by atoms with Gasteiger partial charge in [-0.1, -0.05) is 0 Å². The molecule has 0 spiro atoms. The fourth-order valence-electron chi connectivity index (χ4n) is 0.430. The fourth-order valence-corrected chi connectivity index (χ4v) is 0.430. The van der Waals surface area contributed by atoms with E-state index in [9.17, 15) is 5.11 Å². The molecule has 0 saturated carbocycles. The van der Waals surface area contributed by atoms with Crippen molar-refractivity contribution in [1.82, 2.24) is 5.32 Å². The van der Waals surface area contributed by atoms with Crippen molar-refractivity contribution in [2.24, 2.45) is 0 Å². The van der Waals surface area contributed by atoms with Crippen LogP contribution in [0.4, 0.5) is 0 Å². The van der Waals surface area contributed by atoms with Crippen LogP contribution in [0.15, 0.2) is 0 Å². The Hall–Kier alpha value is -0.0800. The fraction of sp³-hybridized carbons (Fsp3) is 1.00. The molecule has 1 radical (unpaired) electrons. The summed E-state index contributed by atoms with van der Waals surface area (Å²) in [4.78, 5) is 0. The molecule has 0 aromatic rings. The first-order valence-corrected chi connectivity index (χ1v) is 2.25. The minimum absolute atomic E-state index is 0.0810. The van der Waals surface area contributed by atoms with E-state index in [1.54, 1.807) is 0 Å². The van der Waals surface area contributed by atoms with Crippen LogP contribution in [0.25, 0.3) is 0 Å². The third-order valence-corrected chi connectivity index (χ3v) is 0.959. The second-order valence-electron chi connectivity index (χ2n) is 1.60. The van der Waals surface area contributed by atoms with E-state index < -0.39 is 0 Å². The molecular weight excluding hydrogens is 78.0 g/mol. The molecule has 6 heavy (non-hydrogen) atoms. The largest absolute Gasteiger partial charge is 0.311 e. The van der Waals surface area contributed by atoms with Crippen molar-refractivity contribution in [3.05, 3.63) is 0 Å². The molecule has 1 unspecified atom stereocenters. The molecule has 1 heterocycles. The maximum atomic E-state index is 9.74. The Labute approximate surface area is 37.2 Å². The molecule has 1 atom stereocenters. The third kappa shape index (κ3) is 0.954. The van der Waals surface area contributed by atoms with Crippen molar-refractivity contribution < 1.29 is 5.11 Å². The van der Waals surface area contributed by atoms with Crippen LogP contribution in [0.2, 0.25) is 0 Å². The Balaban J connectivity index is 1.88. The van der Waals surface area contributed by atoms with Gasteiger partial charge in [0.15, 0.2) is 0 Å². The van der Waals surface area contributed by atoms with Crippen molar-refractivity contribution in [2.75, 3.05) is 13.2 Å². The lowest BCUT2D eigenvalue weighted by atomic mass is 10.3. The highest BCUT2D eigenvalue weighted by molar-refractivity contribution is 4.81. The lowest BCUT2D eigenvalue weighted by molar-refractivity contribution is 0.189. The SMILES string of the molecule is [O]CCC1CN1. The van der Waals surface area contributed by atoms with Gasteiger partial charge < -0.3 is 5.32 Å². The van der Waals surface area contributed by atoms with Crippen LogP contribution in [0, 0.1) is 0 Å². The van der Waals surface area contributed by atoms with Crippen LogP contribution in [0.1, 0.15) is 6.42 Å². The molecule has 2 nitrogen and oxygen atoms in total. The zero-order valence-electron chi connectivity index (χ0n) is 3.61. The number of rotatable bonds is 2. The summed E-state index contributed by atoms with van der Waals surface area (Å²) in [7, 11) is 0. The van der Waals surface area contributed by atoms with Crippen molar-refractivity contribution in [2.45, 2.75) is 12.5 Å². The van der Waals surface area contributed by atoms with Gasteiger partial charge >= 0.3 is 0 Å². The Morgan fingerprint density at radius 1 is 1.83 bits per heavy atom. The Kier molecular flexibility index (Phi) is 1.08. The molecule has 2 heteroatoms. The van der Waals surface area contributed by atoms with Gasteiger partial charge in [-0.25, -0.2) is 5.11 Å². The third-order valence-electron chi connectivity index (χ3n) is 0.959. The van der Waals surface area contributed by atoms with Gasteiger partial charge in [0.05, 0.1) is 6.61 Å². The highest BCUT2D eigenvalue weighted by Gasteiger charge is 2.17. The Bertz CT molecular complexity index is 42.8. The molecule has 35 valence electrons. The first kappa shape index (κ1) is 4.09. The Morgan fingerprint density at radius 3 is 2.67 bits per heavy atom. The highest BCUT2D eigenvalue weighted by atomic mass is 16.3. The predicted molar refractivity (Wildman–Crippen MR) is 22.0 cm³/mol.